The van der Waals surface area contributed by atoms with Gasteiger partial charge in [-0.2, -0.15) is 0 Å². The molecule has 1 fully saturated rings. The second kappa shape index (κ2) is 6.91. The molecule has 108 valence electrons. The Balaban J connectivity index is 2.27. The molecule has 18 heavy (non-hydrogen) atoms. The first-order chi connectivity index (χ1) is 8.42. The largest absolute Gasteiger partial charge is 0.330 e. The van der Waals surface area contributed by atoms with Gasteiger partial charge in [-0.3, -0.25) is 0 Å². The lowest BCUT2D eigenvalue weighted by molar-refractivity contribution is 0.173. The minimum atomic E-state index is 0.391. The van der Waals surface area contributed by atoms with E-state index in [-0.39, 0.29) is 0 Å². The van der Waals surface area contributed by atoms with E-state index in [0.29, 0.717) is 10.8 Å². The Labute approximate surface area is 114 Å². The van der Waals surface area contributed by atoms with Crippen molar-refractivity contribution in [3.8, 4) is 0 Å². The van der Waals surface area contributed by atoms with E-state index in [1.54, 1.807) is 0 Å². The van der Waals surface area contributed by atoms with Crippen LogP contribution in [-0.2, 0) is 0 Å². The van der Waals surface area contributed by atoms with E-state index < -0.39 is 0 Å². The van der Waals surface area contributed by atoms with Gasteiger partial charge in [-0.15, -0.1) is 0 Å². The molecule has 0 amide bonds. The number of rotatable bonds is 7. The molecule has 0 bridgehead atoms. The van der Waals surface area contributed by atoms with Crippen LogP contribution in [0, 0.1) is 16.7 Å². The van der Waals surface area contributed by atoms with Crippen molar-refractivity contribution in [2.45, 2.75) is 66.2 Å². The number of hydrogen-bond acceptors (Lipinski definition) is 2. The van der Waals surface area contributed by atoms with E-state index in [0.717, 1.165) is 25.6 Å². The van der Waals surface area contributed by atoms with Gasteiger partial charge in [0.05, 0.1) is 0 Å². The maximum absolute atomic E-state index is 6.03. The highest BCUT2D eigenvalue weighted by Gasteiger charge is 2.30. The highest BCUT2D eigenvalue weighted by atomic mass is 14.9. The minimum Gasteiger partial charge on any atom is -0.330 e. The molecule has 0 atom stereocenters. The lowest BCUT2D eigenvalue weighted by Crippen LogP contribution is -2.39. The second-order valence-corrected chi connectivity index (χ2v) is 7.33. The highest BCUT2D eigenvalue weighted by molar-refractivity contribution is 4.85. The fraction of sp³-hybridized carbons (Fsp3) is 1.00. The summed E-state index contributed by atoms with van der Waals surface area (Å²) in [7, 11) is 0. The molecule has 0 aromatic carbocycles. The molecule has 2 nitrogen and oxygen atoms in total. The number of hydrogen-bond donors (Lipinski definition) is 2. The zero-order valence-corrected chi connectivity index (χ0v) is 13.0. The molecule has 1 saturated carbocycles. The van der Waals surface area contributed by atoms with Crippen molar-refractivity contribution in [1.82, 2.24) is 5.32 Å². The van der Waals surface area contributed by atoms with Gasteiger partial charge in [0.1, 0.15) is 0 Å². The maximum Gasteiger partial charge on any atom is 0.000497 e. The summed E-state index contributed by atoms with van der Waals surface area (Å²) < 4.78 is 0. The Bertz CT molecular complexity index is 227. The topological polar surface area (TPSA) is 38.0 Å². The van der Waals surface area contributed by atoms with E-state index in [4.69, 9.17) is 5.73 Å². The van der Waals surface area contributed by atoms with Crippen molar-refractivity contribution in [3.05, 3.63) is 0 Å². The third-order valence-electron chi connectivity index (χ3n) is 5.32. The molecule has 1 aliphatic rings. The van der Waals surface area contributed by atoms with Crippen LogP contribution in [0.2, 0.25) is 0 Å². The van der Waals surface area contributed by atoms with Crippen LogP contribution in [0.5, 0.6) is 0 Å². The minimum absolute atomic E-state index is 0.391. The first kappa shape index (κ1) is 16.0. The number of nitrogens with two attached hydrogens (primary N) is 1. The number of nitrogens with one attached hydrogen (secondary N) is 1. The zero-order valence-electron chi connectivity index (χ0n) is 13.0. The van der Waals surface area contributed by atoms with Gasteiger partial charge >= 0.3 is 0 Å². The van der Waals surface area contributed by atoms with Crippen LogP contribution in [0.15, 0.2) is 0 Å². The first-order valence-electron chi connectivity index (χ1n) is 7.83. The van der Waals surface area contributed by atoms with E-state index in [1.807, 2.05) is 0 Å². The van der Waals surface area contributed by atoms with Crippen LogP contribution in [-0.4, -0.2) is 19.6 Å². The summed E-state index contributed by atoms with van der Waals surface area (Å²) in [4.78, 5) is 0. The summed E-state index contributed by atoms with van der Waals surface area (Å²) in [6.07, 6.45) is 8.13. The Hall–Kier alpha value is -0.0800. The average Bonchev–Trinajstić information content (AvgIpc) is 2.36. The predicted molar refractivity (Wildman–Crippen MR) is 80.7 cm³/mol. The van der Waals surface area contributed by atoms with Gasteiger partial charge in [0.2, 0.25) is 0 Å². The molecule has 1 rings (SSSR count). The van der Waals surface area contributed by atoms with Crippen molar-refractivity contribution in [2.75, 3.05) is 19.6 Å². The van der Waals surface area contributed by atoms with Crippen LogP contribution >= 0.6 is 0 Å². The Morgan fingerprint density at radius 1 is 1.17 bits per heavy atom. The molecule has 0 saturated heterocycles. The van der Waals surface area contributed by atoms with E-state index in [1.165, 1.54) is 38.5 Å². The first-order valence-corrected chi connectivity index (χ1v) is 7.83. The lowest BCUT2D eigenvalue weighted by Gasteiger charge is -2.37. The van der Waals surface area contributed by atoms with Crippen molar-refractivity contribution < 1.29 is 0 Å². The van der Waals surface area contributed by atoms with Crippen LogP contribution in [0.4, 0.5) is 0 Å². The fourth-order valence-electron chi connectivity index (χ4n) is 2.83. The molecule has 0 radical (unpaired) electrons. The third kappa shape index (κ3) is 4.55. The summed E-state index contributed by atoms with van der Waals surface area (Å²) in [5, 5.41) is 3.66. The quantitative estimate of drug-likeness (QED) is 0.682. The van der Waals surface area contributed by atoms with Crippen molar-refractivity contribution in [1.29, 1.82) is 0 Å². The normalized spacial score (nSPS) is 20.3. The predicted octanol–water partition coefficient (Wildman–Crippen LogP) is 3.56. The van der Waals surface area contributed by atoms with E-state index in [9.17, 15) is 0 Å². The molecule has 3 N–H and O–H groups in total. The highest BCUT2D eigenvalue weighted by Crippen LogP contribution is 2.38. The van der Waals surface area contributed by atoms with E-state index in [2.05, 4.69) is 33.0 Å². The van der Waals surface area contributed by atoms with Crippen LogP contribution in [0.1, 0.15) is 66.2 Å². The Morgan fingerprint density at radius 3 is 2.28 bits per heavy atom. The molecule has 0 spiro atoms. The third-order valence-corrected chi connectivity index (χ3v) is 5.32. The lowest BCUT2D eigenvalue weighted by atomic mass is 9.72. The van der Waals surface area contributed by atoms with E-state index >= 15 is 0 Å². The standard InChI is InChI=1S/C16H34N2/c1-14(2)15(3,4)13-18-11-10-16(12-17)8-6-5-7-9-16/h14,18H,5-13,17H2,1-4H3. The summed E-state index contributed by atoms with van der Waals surface area (Å²) >= 11 is 0. The summed E-state index contributed by atoms with van der Waals surface area (Å²) in [5.74, 6) is 0.725. The second-order valence-electron chi connectivity index (χ2n) is 7.33. The van der Waals surface area contributed by atoms with Gasteiger partial charge in [0.15, 0.2) is 0 Å². The average molecular weight is 254 g/mol. The molecule has 0 unspecified atom stereocenters. The Morgan fingerprint density at radius 2 is 1.78 bits per heavy atom. The molecular weight excluding hydrogens is 220 g/mol. The van der Waals surface area contributed by atoms with Gasteiger partial charge in [-0.1, -0.05) is 47.0 Å². The summed E-state index contributed by atoms with van der Waals surface area (Å²) in [6.45, 7) is 12.4. The van der Waals surface area contributed by atoms with Crippen molar-refractivity contribution >= 4 is 0 Å². The molecule has 0 aromatic rings. The van der Waals surface area contributed by atoms with Crippen LogP contribution in [0.3, 0.4) is 0 Å². The van der Waals surface area contributed by atoms with Crippen molar-refractivity contribution in [3.63, 3.8) is 0 Å². The van der Waals surface area contributed by atoms with Gasteiger partial charge in [-0.05, 0) is 49.1 Å². The smallest absolute Gasteiger partial charge is 0.000497 e. The summed E-state index contributed by atoms with van der Waals surface area (Å²) in [5.41, 5.74) is 6.87. The van der Waals surface area contributed by atoms with Gasteiger partial charge in [0, 0.05) is 6.54 Å². The maximum atomic E-state index is 6.03. The molecule has 0 aliphatic heterocycles. The molecular formula is C16H34N2. The monoisotopic (exact) mass is 254 g/mol. The fourth-order valence-corrected chi connectivity index (χ4v) is 2.83. The molecule has 1 aliphatic carbocycles. The van der Waals surface area contributed by atoms with Crippen LogP contribution in [0.25, 0.3) is 0 Å². The molecule has 0 heterocycles. The van der Waals surface area contributed by atoms with Gasteiger partial charge in [0.25, 0.3) is 0 Å². The Kier molecular flexibility index (Phi) is 6.13. The van der Waals surface area contributed by atoms with Crippen LogP contribution < -0.4 is 11.1 Å². The summed E-state index contributed by atoms with van der Waals surface area (Å²) in [6, 6.07) is 0. The molecule has 0 aromatic heterocycles. The zero-order chi connectivity index (χ0) is 13.6. The molecule has 2 heteroatoms. The van der Waals surface area contributed by atoms with Crippen molar-refractivity contribution in [2.24, 2.45) is 22.5 Å². The van der Waals surface area contributed by atoms with Gasteiger partial charge in [-0.25, -0.2) is 0 Å². The van der Waals surface area contributed by atoms with Gasteiger partial charge < -0.3 is 11.1 Å². The SMILES string of the molecule is CC(C)C(C)(C)CNCCC1(CN)CCCCC1.